The molecule has 0 spiro atoms. The zero-order valence-electron chi connectivity index (χ0n) is 8.38. The molecule has 1 amide bonds. The van der Waals surface area contributed by atoms with Crippen LogP contribution in [0.2, 0.25) is 5.02 Å². The molecule has 1 aromatic carbocycles. The predicted octanol–water partition coefficient (Wildman–Crippen LogP) is 1.75. The maximum atomic E-state index is 12.9. The fraction of sp³-hybridized carbons (Fsp3) is 0. The summed E-state index contributed by atoms with van der Waals surface area (Å²) in [5.41, 5.74) is 0.00573. The summed E-state index contributed by atoms with van der Waals surface area (Å²) in [6, 6.07) is 4.89. The number of carbonyl (C=O) groups is 1. The molecule has 0 saturated carbocycles. The maximum Gasteiger partial charge on any atom is 0.273 e. The van der Waals surface area contributed by atoms with Crippen LogP contribution in [0.5, 0.6) is 0 Å². The van der Waals surface area contributed by atoms with Crippen LogP contribution in [0, 0.1) is 5.82 Å². The summed E-state index contributed by atoms with van der Waals surface area (Å²) in [4.78, 5) is 22.4. The summed E-state index contributed by atoms with van der Waals surface area (Å²) in [6.07, 6.45) is 0. The molecule has 88 valence electrons. The molecule has 0 aliphatic carbocycles. The van der Waals surface area contributed by atoms with E-state index in [1.165, 1.54) is 12.1 Å². The Hall–Kier alpha value is -2.08. The highest BCUT2D eigenvalue weighted by Crippen LogP contribution is 2.19. The monoisotopic (exact) mass is 255 g/mol. The second-order valence-corrected chi connectivity index (χ2v) is 3.66. The van der Waals surface area contributed by atoms with Crippen molar-refractivity contribution in [3.8, 4) is 0 Å². The third-order valence-corrected chi connectivity index (χ3v) is 2.31. The van der Waals surface area contributed by atoms with Gasteiger partial charge in [-0.15, -0.1) is 0 Å². The van der Waals surface area contributed by atoms with Crippen LogP contribution in [0.15, 0.2) is 29.1 Å². The highest BCUT2D eigenvalue weighted by atomic mass is 35.5. The molecule has 3 N–H and O–H groups in total. The van der Waals surface area contributed by atoms with Crippen molar-refractivity contribution in [2.75, 3.05) is 5.32 Å². The number of hydrogen-bond acceptors (Lipinski definition) is 2. The van der Waals surface area contributed by atoms with Gasteiger partial charge in [0.1, 0.15) is 11.5 Å². The number of aromatic amines is 2. The van der Waals surface area contributed by atoms with Gasteiger partial charge >= 0.3 is 0 Å². The summed E-state index contributed by atoms with van der Waals surface area (Å²) < 4.78 is 12.9. The molecule has 5 nitrogen and oxygen atoms in total. The van der Waals surface area contributed by atoms with Gasteiger partial charge in [-0.3, -0.25) is 19.8 Å². The van der Waals surface area contributed by atoms with Gasteiger partial charge in [-0.2, -0.15) is 0 Å². The molecule has 7 heteroatoms. The number of amides is 1. The second kappa shape index (κ2) is 4.42. The van der Waals surface area contributed by atoms with Crippen LogP contribution in [-0.2, 0) is 0 Å². The van der Waals surface area contributed by atoms with Crippen molar-refractivity contribution in [3.05, 3.63) is 51.2 Å². The van der Waals surface area contributed by atoms with Crippen LogP contribution in [-0.4, -0.2) is 16.1 Å². The number of anilines is 1. The maximum absolute atomic E-state index is 12.9. The topological polar surface area (TPSA) is 77.8 Å². The summed E-state index contributed by atoms with van der Waals surface area (Å²) in [5, 5.41) is 6.99. The first kappa shape index (κ1) is 11.4. The molecule has 2 rings (SSSR count). The van der Waals surface area contributed by atoms with Gasteiger partial charge in [0.15, 0.2) is 0 Å². The van der Waals surface area contributed by atoms with Crippen molar-refractivity contribution in [1.29, 1.82) is 0 Å². The SMILES string of the molecule is O=C(Nc1ccc(F)c(Cl)c1)c1cc(=O)[nH][nH]1. The third-order valence-electron chi connectivity index (χ3n) is 2.02. The van der Waals surface area contributed by atoms with E-state index < -0.39 is 17.3 Å². The van der Waals surface area contributed by atoms with E-state index in [1.807, 2.05) is 0 Å². The average Bonchev–Trinajstić information content (AvgIpc) is 2.70. The van der Waals surface area contributed by atoms with E-state index in [2.05, 4.69) is 15.5 Å². The van der Waals surface area contributed by atoms with Crippen molar-refractivity contribution in [1.82, 2.24) is 10.2 Å². The highest BCUT2D eigenvalue weighted by molar-refractivity contribution is 6.31. The van der Waals surface area contributed by atoms with Gasteiger partial charge < -0.3 is 5.32 Å². The molecule has 0 bridgehead atoms. The quantitative estimate of drug-likeness (QED) is 0.764. The Bertz CT molecular complexity index is 620. The molecule has 1 aromatic heterocycles. The fourth-order valence-electron chi connectivity index (χ4n) is 1.23. The number of H-pyrrole nitrogens is 2. The molecule has 17 heavy (non-hydrogen) atoms. The van der Waals surface area contributed by atoms with Crippen LogP contribution in [0.3, 0.4) is 0 Å². The van der Waals surface area contributed by atoms with Crippen molar-refractivity contribution >= 4 is 23.2 Å². The minimum absolute atomic E-state index is 0.0791. The van der Waals surface area contributed by atoms with Crippen molar-refractivity contribution < 1.29 is 9.18 Å². The van der Waals surface area contributed by atoms with Crippen molar-refractivity contribution in [2.24, 2.45) is 0 Å². The van der Waals surface area contributed by atoms with E-state index >= 15 is 0 Å². The van der Waals surface area contributed by atoms with Gasteiger partial charge in [-0.05, 0) is 18.2 Å². The molecule has 0 radical (unpaired) electrons. The molecular weight excluding hydrogens is 249 g/mol. The first-order chi connectivity index (χ1) is 8.06. The largest absolute Gasteiger partial charge is 0.321 e. The van der Waals surface area contributed by atoms with Gasteiger partial charge in [0, 0.05) is 11.8 Å². The van der Waals surface area contributed by atoms with Crippen LogP contribution >= 0.6 is 11.6 Å². The number of carbonyl (C=O) groups excluding carboxylic acids is 1. The minimum Gasteiger partial charge on any atom is -0.321 e. The second-order valence-electron chi connectivity index (χ2n) is 3.26. The number of halogens is 2. The van der Waals surface area contributed by atoms with Crippen LogP contribution in [0.1, 0.15) is 10.5 Å². The fourth-order valence-corrected chi connectivity index (χ4v) is 1.41. The lowest BCUT2D eigenvalue weighted by Gasteiger charge is -2.04. The molecule has 0 atom stereocenters. The van der Waals surface area contributed by atoms with E-state index in [4.69, 9.17) is 11.6 Å². The minimum atomic E-state index is -0.570. The lowest BCUT2D eigenvalue weighted by atomic mass is 10.3. The first-order valence-corrected chi connectivity index (χ1v) is 4.98. The van der Waals surface area contributed by atoms with Gasteiger partial charge in [-0.25, -0.2) is 4.39 Å². The molecular formula is C10H7ClFN3O2. The summed E-state index contributed by atoms with van der Waals surface area (Å²) in [6.45, 7) is 0. The Kier molecular flexibility index (Phi) is 2.97. The Morgan fingerprint density at radius 3 is 2.65 bits per heavy atom. The third kappa shape index (κ3) is 2.54. The molecule has 2 aromatic rings. The van der Waals surface area contributed by atoms with Gasteiger partial charge in [0.05, 0.1) is 5.02 Å². The molecule has 0 aliphatic heterocycles. The normalized spacial score (nSPS) is 10.2. The molecule has 0 saturated heterocycles. The lowest BCUT2D eigenvalue weighted by Crippen LogP contribution is -2.12. The Morgan fingerprint density at radius 1 is 1.29 bits per heavy atom. The number of benzene rings is 1. The number of aromatic nitrogens is 2. The Balaban J connectivity index is 2.18. The predicted molar refractivity (Wildman–Crippen MR) is 60.8 cm³/mol. The highest BCUT2D eigenvalue weighted by Gasteiger charge is 2.09. The van der Waals surface area contributed by atoms with Gasteiger partial charge in [-0.1, -0.05) is 11.6 Å². The summed E-state index contributed by atoms with van der Waals surface area (Å²) >= 11 is 5.56. The molecule has 0 unspecified atom stereocenters. The van der Waals surface area contributed by atoms with Gasteiger partial charge in [0.25, 0.3) is 11.5 Å². The van der Waals surface area contributed by atoms with Crippen LogP contribution in [0.4, 0.5) is 10.1 Å². The summed E-state index contributed by atoms with van der Waals surface area (Å²) in [5.74, 6) is -1.09. The van der Waals surface area contributed by atoms with Crippen LogP contribution < -0.4 is 10.9 Å². The molecule has 1 heterocycles. The van der Waals surface area contributed by atoms with Gasteiger partial charge in [0.2, 0.25) is 0 Å². The molecule has 0 aliphatic rings. The lowest BCUT2D eigenvalue weighted by molar-refractivity contribution is 0.102. The number of nitrogens with one attached hydrogen (secondary N) is 3. The van der Waals surface area contributed by atoms with E-state index in [9.17, 15) is 14.0 Å². The zero-order valence-corrected chi connectivity index (χ0v) is 9.14. The number of rotatable bonds is 2. The Labute approximate surface area is 99.6 Å². The van der Waals surface area contributed by atoms with Crippen molar-refractivity contribution in [3.63, 3.8) is 0 Å². The smallest absolute Gasteiger partial charge is 0.273 e. The van der Waals surface area contributed by atoms with E-state index in [0.717, 1.165) is 12.1 Å². The molecule has 0 fully saturated rings. The standard InChI is InChI=1S/C10H7ClFN3O2/c11-6-3-5(1-2-7(6)12)13-10(17)8-4-9(16)15-14-8/h1-4H,(H,13,17)(H2,14,15,16). The van der Waals surface area contributed by atoms with E-state index in [1.54, 1.807) is 0 Å². The van der Waals surface area contributed by atoms with Crippen molar-refractivity contribution in [2.45, 2.75) is 0 Å². The summed E-state index contributed by atoms with van der Waals surface area (Å²) in [7, 11) is 0. The number of hydrogen-bond donors (Lipinski definition) is 3. The van der Waals surface area contributed by atoms with E-state index in [-0.39, 0.29) is 10.7 Å². The van der Waals surface area contributed by atoms with Crippen LogP contribution in [0.25, 0.3) is 0 Å². The zero-order chi connectivity index (χ0) is 12.4. The average molecular weight is 256 g/mol. The Morgan fingerprint density at radius 2 is 2.06 bits per heavy atom. The van der Waals surface area contributed by atoms with E-state index in [0.29, 0.717) is 5.69 Å². The first-order valence-electron chi connectivity index (χ1n) is 4.60.